The zero-order valence-corrected chi connectivity index (χ0v) is 33.2. The largest absolute Gasteiger partial charge is 0.465 e. The van der Waals surface area contributed by atoms with Crippen LogP contribution in [0, 0.1) is 0 Å². The summed E-state index contributed by atoms with van der Waals surface area (Å²) in [5, 5.41) is 8.65. The van der Waals surface area contributed by atoms with Crippen molar-refractivity contribution in [3.05, 3.63) is 116 Å². The van der Waals surface area contributed by atoms with Crippen molar-refractivity contribution < 1.29 is 33.4 Å². The SMILES string of the molecule is COC(=O)c1c(NC(=O)C(C)Sc2cccc(NC(=O)/C(=C\c3c(Cl)cccc3Cl)NC(=O)c3ccccc3)c2)sc2c1CCN(C(=O)OC(C)(C)C)C2. The minimum Gasteiger partial charge on any atom is -0.465 e. The molecule has 3 N–H and O–H groups in total. The van der Waals surface area contributed by atoms with Crippen LogP contribution in [0.25, 0.3) is 6.08 Å². The van der Waals surface area contributed by atoms with Gasteiger partial charge in [-0.05, 0) is 88.2 Å². The highest BCUT2D eigenvalue weighted by molar-refractivity contribution is 8.00. The maximum Gasteiger partial charge on any atom is 0.410 e. The summed E-state index contributed by atoms with van der Waals surface area (Å²) >= 11 is 15.2. The van der Waals surface area contributed by atoms with E-state index >= 15 is 0 Å². The van der Waals surface area contributed by atoms with Crippen molar-refractivity contribution >= 4 is 92.8 Å². The molecule has 1 aliphatic heterocycles. The molecule has 0 radical (unpaired) electrons. The number of halogens is 2. The molecular formula is C39H38Cl2N4O7S2. The molecule has 1 unspecified atom stereocenters. The van der Waals surface area contributed by atoms with Crippen LogP contribution in [-0.4, -0.2) is 59.2 Å². The molecule has 3 aromatic carbocycles. The first kappa shape index (κ1) is 40.4. The van der Waals surface area contributed by atoms with E-state index in [-0.39, 0.29) is 33.8 Å². The van der Waals surface area contributed by atoms with Crippen LogP contribution in [0.5, 0.6) is 0 Å². The van der Waals surface area contributed by atoms with Crippen molar-refractivity contribution in [1.29, 1.82) is 0 Å². The second-order valence-electron chi connectivity index (χ2n) is 13.1. The molecule has 1 aliphatic rings. The molecule has 0 spiro atoms. The van der Waals surface area contributed by atoms with Crippen molar-refractivity contribution in [1.82, 2.24) is 10.2 Å². The van der Waals surface area contributed by atoms with Gasteiger partial charge in [-0.2, -0.15) is 0 Å². The zero-order valence-electron chi connectivity index (χ0n) is 30.1. The smallest absolute Gasteiger partial charge is 0.410 e. The highest BCUT2D eigenvalue weighted by atomic mass is 35.5. The molecule has 15 heteroatoms. The Balaban J connectivity index is 1.30. The molecule has 2 heterocycles. The molecule has 0 saturated heterocycles. The second kappa shape index (κ2) is 17.5. The number of carbonyl (C=O) groups is 5. The average Bonchev–Trinajstić information content (AvgIpc) is 3.49. The van der Waals surface area contributed by atoms with Gasteiger partial charge in [-0.25, -0.2) is 9.59 Å². The van der Waals surface area contributed by atoms with Gasteiger partial charge in [0.05, 0.1) is 24.5 Å². The Labute approximate surface area is 331 Å². The van der Waals surface area contributed by atoms with Crippen molar-refractivity contribution in [2.75, 3.05) is 24.3 Å². The fourth-order valence-electron chi connectivity index (χ4n) is 5.34. The number of hydrogen-bond donors (Lipinski definition) is 3. The summed E-state index contributed by atoms with van der Waals surface area (Å²) in [6.45, 7) is 7.68. The van der Waals surface area contributed by atoms with Gasteiger partial charge in [-0.1, -0.05) is 53.5 Å². The number of hydrogen-bond acceptors (Lipinski definition) is 9. The maximum absolute atomic E-state index is 13.6. The minimum absolute atomic E-state index is 0.0982. The molecule has 4 amide bonds. The number of benzene rings is 3. The summed E-state index contributed by atoms with van der Waals surface area (Å²) in [5.41, 5.74) is 1.35. The number of nitrogens with zero attached hydrogens (tertiary/aromatic N) is 1. The molecule has 1 aromatic heterocycles. The summed E-state index contributed by atoms with van der Waals surface area (Å²) in [6, 6.07) is 20.2. The Kier molecular flexibility index (Phi) is 13.1. The number of nitrogens with one attached hydrogen (secondary N) is 3. The van der Waals surface area contributed by atoms with Crippen LogP contribution in [0.3, 0.4) is 0 Å². The zero-order chi connectivity index (χ0) is 39.2. The third-order valence-electron chi connectivity index (χ3n) is 7.93. The number of thioether (sulfide) groups is 1. The lowest BCUT2D eigenvalue weighted by Gasteiger charge is -2.30. The Morgan fingerprint density at radius 2 is 1.63 bits per heavy atom. The number of methoxy groups -OCH3 is 1. The van der Waals surface area contributed by atoms with Crippen LogP contribution in [0.1, 0.15) is 64.4 Å². The molecule has 5 rings (SSSR count). The van der Waals surface area contributed by atoms with Crippen molar-refractivity contribution in [2.45, 2.75) is 56.4 Å². The van der Waals surface area contributed by atoms with E-state index in [0.29, 0.717) is 39.7 Å². The molecule has 0 bridgehead atoms. The van der Waals surface area contributed by atoms with Gasteiger partial charge in [0.15, 0.2) is 0 Å². The molecule has 1 atom stereocenters. The van der Waals surface area contributed by atoms with Gasteiger partial charge >= 0.3 is 12.1 Å². The molecule has 0 aliphatic carbocycles. The number of amides is 4. The quantitative estimate of drug-likeness (QED) is 0.0821. The van der Waals surface area contributed by atoms with Gasteiger partial charge in [0.25, 0.3) is 11.8 Å². The monoisotopic (exact) mass is 808 g/mol. The normalized spacial score (nSPS) is 13.3. The molecule has 54 heavy (non-hydrogen) atoms. The average molecular weight is 810 g/mol. The fourth-order valence-corrected chi connectivity index (χ4v) is 8.03. The van der Waals surface area contributed by atoms with E-state index in [0.717, 1.165) is 10.4 Å². The first-order valence-corrected chi connectivity index (χ1v) is 19.2. The molecular weight excluding hydrogens is 771 g/mol. The second-order valence-corrected chi connectivity index (χ2v) is 16.4. The number of rotatable bonds is 10. The number of thiophene rings is 1. The van der Waals surface area contributed by atoms with Gasteiger partial charge in [0.2, 0.25) is 5.91 Å². The lowest BCUT2D eigenvalue weighted by Crippen LogP contribution is -2.39. The van der Waals surface area contributed by atoms with E-state index < -0.39 is 34.7 Å². The highest BCUT2D eigenvalue weighted by Gasteiger charge is 2.33. The maximum atomic E-state index is 13.6. The van der Waals surface area contributed by atoms with Crippen LogP contribution in [0.15, 0.2) is 83.4 Å². The lowest BCUT2D eigenvalue weighted by molar-refractivity contribution is -0.115. The van der Waals surface area contributed by atoms with E-state index in [4.69, 9.17) is 32.7 Å². The Hall–Kier alpha value is -4.82. The third-order valence-corrected chi connectivity index (χ3v) is 10.8. The number of carbonyl (C=O) groups excluding carboxylic acids is 5. The first-order valence-electron chi connectivity index (χ1n) is 16.7. The van der Waals surface area contributed by atoms with Crippen molar-refractivity contribution in [3.63, 3.8) is 0 Å². The Bertz CT molecular complexity index is 2090. The third kappa shape index (κ3) is 10.2. The van der Waals surface area contributed by atoms with E-state index in [1.165, 1.54) is 36.3 Å². The van der Waals surface area contributed by atoms with Crippen LogP contribution in [0.2, 0.25) is 10.0 Å². The van der Waals surface area contributed by atoms with Gasteiger partial charge < -0.3 is 30.3 Å². The van der Waals surface area contributed by atoms with Crippen molar-refractivity contribution in [2.24, 2.45) is 0 Å². The summed E-state index contributed by atoms with van der Waals surface area (Å²) in [6.07, 6.45) is 1.35. The predicted octanol–water partition coefficient (Wildman–Crippen LogP) is 8.66. The standard InChI is InChI=1S/C39H38Cl2N4O7S2/c1-22(33(46)44-36-32(37(49)51-5)26-17-18-45(21-31(26)54-36)38(50)52-39(2,3)4)53-25-14-9-13-24(19-25)42-35(48)30(20-27-28(40)15-10-16-29(27)41)43-34(47)23-11-7-6-8-12-23/h6-16,19-20,22H,17-18,21H2,1-5H3,(H,42,48)(H,43,47)(H,44,46)/b30-20+. The summed E-state index contributed by atoms with van der Waals surface area (Å²) < 4.78 is 10.6. The minimum atomic E-state index is -0.659. The fraction of sp³-hybridized carbons (Fsp3) is 0.256. The van der Waals surface area contributed by atoms with Gasteiger partial charge in [-0.15, -0.1) is 23.1 Å². The Morgan fingerprint density at radius 3 is 2.30 bits per heavy atom. The van der Waals surface area contributed by atoms with E-state index in [1.54, 1.807) is 105 Å². The number of ether oxygens (including phenoxy) is 2. The van der Waals surface area contributed by atoms with Crippen LogP contribution in [-0.2, 0) is 32.0 Å². The molecule has 4 aromatic rings. The van der Waals surface area contributed by atoms with Crippen LogP contribution >= 0.6 is 46.3 Å². The first-order chi connectivity index (χ1) is 25.6. The van der Waals surface area contributed by atoms with Crippen LogP contribution in [0.4, 0.5) is 15.5 Å². The van der Waals surface area contributed by atoms with E-state index in [1.807, 2.05) is 0 Å². The van der Waals surface area contributed by atoms with Crippen LogP contribution < -0.4 is 16.0 Å². The van der Waals surface area contributed by atoms with E-state index in [2.05, 4.69) is 16.0 Å². The summed E-state index contributed by atoms with van der Waals surface area (Å²) in [5.74, 6) is -2.09. The summed E-state index contributed by atoms with van der Waals surface area (Å²) in [4.78, 5) is 68.9. The molecule has 11 nitrogen and oxygen atoms in total. The van der Waals surface area contributed by atoms with Gasteiger partial charge in [0, 0.05) is 43.2 Å². The molecule has 282 valence electrons. The van der Waals surface area contributed by atoms with Gasteiger partial charge in [-0.3, -0.25) is 14.4 Å². The Morgan fingerprint density at radius 1 is 0.944 bits per heavy atom. The van der Waals surface area contributed by atoms with Gasteiger partial charge in [0.1, 0.15) is 16.3 Å². The lowest BCUT2D eigenvalue weighted by atomic mass is 10.0. The van der Waals surface area contributed by atoms with E-state index in [9.17, 15) is 24.0 Å². The predicted molar refractivity (Wildman–Crippen MR) is 213 cm³/mol. The highest BCUT2D eigenvalue weighted by Crippen LogP contribution is 2.39. The topological polar surface area (TPSA) is 143 Å². The van der Waals surface area contributed by atoms with Crippen molar-refractivity contribution in [3.8, 4) is 0 Å². The number of esters is 1. The molecule has 0 saturated carbocycles. The number of fused-ring (bicyclic) bond motifs is 1. The summed E-state index contributed by atoms with van der Waals surface area (Å²) in [7, 11) is 1.28. The number of anilines is 2. The molecule has 0 fully saturated rings.